The normalized spacial score (nSPS) is 18.4. The van der Waals surface area contributed by atoms with Crippen LogP contribution in [0.4, 0.5) is 5.82 Å². The number of fused-ring (bicyclic) bond motifs is 1. The third-order valence-corrected chi connectivity index (χ3v) is 12.6. The van der Waals surface area contributed by atoms with E-state index >= 15 is 0 Å². The molecule has 314 valence electrons. The number of H-pyrrole nitrogens is 1. The van der Waals surface area contributed by atoms with Gasteiger partial charge in [-0.1, -0.05) is 37.6 Å². The van der Waals surface area contributed by atoms with Crippen molar-refractivity contribution in [1.82, 2.24) is 40.2 Å². The summed E-state index contributed by atoms with van der Waals surface area (Å²) >= 11 is 0. The van der Waals surface area contributed by atoms with Gasteiger partial charge in [-0.25, -0.2) is 4.98 Å². The summed E-state index contributed by atoms with van der Waals surface area (Å²) in [5.74, 6) is 0.0673. The Balaban J connectivity index is 0.894. The molecule has 1 unspecified atom stereocenters. The fraction of sp³-hybridized carbons (Fsp3) is 0.447. The van der Waals surface area contributed by atoms with Crippen LogP contribution in [-0.2, 0) is 29.1 Å². The number of pyridine rings is 2. The number of rotatable bonds is 12. The summed E-state index contributed by atoms with van der Waals surface area (Å²) in [5, 5.41) is 11.0. The Morgan fingerprint density at radius 3 is 2.40 bits per heavy atom. The van der Waals surface area contributed by atoms with Crippen LogP contribution < -0.4 is 21.1 Å². The molecule has 6 heterocycles. The maximum Gasteiger partial charge on any atom is 0.253 e. The van der Waals surface area contributed by atoms with Crippen LogP contribution in [0.2, 0.25) is 0 Å². The van der Waals surface area contributed by atoms with Crippen LogP contribution in [0.1, 0.15) is 103 Å². The number of hydrogen-bond acceptors (Lipinski definition) is 9. The van der Waals surface area contributed by atoms with Crippen molar-refractivity contribution < 1.29 is 14.4 Å². The number of benzene rings is 2. The lowest BCUT2D eigenvalue weighted by atomic mass is 9.87. The molecule has 3 aliphatic heterocycles. The quantitative estimate of drug-likeness (QED) is 0.132. The van der Waals surface area contributed by atoms with Gasteiger partial charge in [0.25, 0.3) is 11.5 Å². The molecule has 2 aromatic carbocycles. The second-order valence-corrected chi connectivity index (χ2v) is 17.0. The molecule has 13 heteroatoms. The van der Waals surface area contributed by atoms with E-state index < -0.39 is 0 Å². The average Bonchev–Trinajstić information content (AvgIpc) is 3.69. The van der Waals surface area contributed by atoms with Gasteiger partial charge in [0.15, 0.2) is 0 Å². The molecule has 3 fully saturated rings. The molecule has 13 nitrogen and oxygen atoms in total. The van der Waals surface area contributed by atoms with E-state index in [1.165, 1.54) is 5.56 Å². The zero-order valence-corrected chi connectivity index (χ0v) is 35.3. The van der Waals surface area contributed by atoms with E-state index in [2.05, 4.69) is 80.5 Å². The topological polar surface area (TPSA) is 149 Å². The number of nitrogens with zero attached hydrogens (tertiary/aromatic N) is 6. The number of hydrogen-bond donors (Lipinski definition) is 3. The van der Waals surface area contributed by atoms with Crippen molar-refractivity contribution in [3.05, 3.63) is 111 Å². The number of amides is 3. The lowest BCUT2D eigenvalue weighted by molar-refractivity contribution is -0.134. The van der Waals surface area contributed by atoms with E-state index in [9.17, 15) is 19.2 Å². The summed E-state index contributed by atoms with van der Waals surface area (Å²) in [7, 11) is 0. The monoisotopic (exact) mass is 811 g/mol. The number of anilines is 1. The number of aromatic nitrogens is 4. The highest BCUT2D eigenvalue weighted by Gasteiger charge is 2.32. The van der Waals surface area contributed by atoms with Crippen LogP contribution in [0.15, 0.2) is 71.8 Å². The fourth-order valence-electron chi connectivity index (χ4n) is 9.40. The molecule has 0 radical (unpaired) electrons. The number of aromatic amines is 1. The summed E-state index contributed by atoms with van der Waals surface area (Å²) in [5.41, 5.74) is 7.60. The van der Waals surface area contributed by atoms with Gasteiger partial charge in [0.2, 0.25) is 11.8 Å². The predicted octanol–water partition coefficient (Wildman–Crippen LogP) is 5.87. The minimum Gasteiger partial charge on any atom is -0.354 e. The van der Waals surface area contributed by atoms with Crippen molar-refractivity contribution in [2.24, 2.45) is 0 Å². The molecular formula is C47H57N9O4. The molecule has 3 saturated heterocycles. The van der Waals surface area contributed by atoms with Gasteiger partial charge in [-0.2, -0.15) is 5.10 Å². The first-order valence-corrected chi connectivity index (χ1v) is 21.7. The lowest BCUT2D eigenvalue weighted by Crippen LogP contribution is -2.53. The number of carbonyl (C=O) groups excluding carboxylic acids is 3. The number of imide groups is 1. The molecule has 8 rings (SSSR count). The Kier molecular flexibility index (Phi) is 12.3. The molecular weight excluding hydrogens is 755 g/mol. The Bertz CT molecular complexity index is 2420. The zero-order valence-electron chi connectivity index (χ0n) is 35.3. The number of aryl methyl sites for hydroxylation is 2. The van der Waals surface area contributed by atoms with E-state index in [0.29, 0.717) is 30.0 Å². The molecule has 1 atom stereocenters. The van der Waals surface area contributed by atoms with Crippen molar-refractivity contribution in [1.29, 1.82) is 0 Å². The first kappa shape index (κ1) is 41.1. The molecule has 60 heavy (non-hydrogen) atoms. The minimum absolute atomic E-state index is 0.0949. The molecule has 0 spiro atoms. The number of nitrogens with one attached hydrogen (secondary N) is 3. The van der Waals surface area contributed by atoms with E-state index in [0.717, 1.165) is 116 Å². The number of carbonyl (C=O) groups is 3. The summed E-state index contributed by atoms with van der Waals surface area (Å²) in [6, 6.07) is 19.0. The Morgan fingerprint density at radius 1 is 0.900 bits per heavy atom. The van der Waals surface area contributed by atoms with Gasteiger partial charge < -0.3 is 15.2 Å². The van der Waals surface area contributed by atoms with Gasteiger partial charge in [-0.3, -0.25) is 39.0 Å². The minimum atomic E-state index is -0.266. The lowest BCUT2D eigenvalue weighted by Gasteiger charge is -2.43. The molecule has 5 aromatic rings. The zero-order chi connectivity index (χ0) is 41.9. The van der Waals surface area contributed by atoms with Gasteiger partial charge in [-0.15, -0.1) is 0 Å². The number of piperidine rings is 2. The van der Waals surface area contributed by atoms with Gasteiger partial charge in [0.1, 0.15) is 5.82 Å². The highest BCUT2D eigenvalue weighted by atomic mass is 16.2. The molecule has 3 N–H and O–H groups in total. The van der Waals surface area contributed by atoms with Crippen molar-refractivity contribution in [2.45, 2.75) is 97.3 Å². The SMILES string of the molecule is CCCc1cc(C)[nH]c(=O)c1CNC(=O)c1cc(-c2ccc(N3CCN(C4CCN(Cc5ccccc5C5CCC(=O)NC5=O)CC4)CC3)nc2)cc2c1cnn2C(C)C. The highest BCUT2D eigenvalue weighted by Crippen LogP contribution is 2.32. The Hall–Kier alpha value is -5.66. The van der Waals surface area contributed by atoms with E-state index in [1.807, 2.05) is 48.1 Å². The predicted molar refractivity (Wildman–Crippen MR) is 234 cm³/mol. The van der Waals surface area contributed by atoms with Crippen molar-refractivity contribution in [3.8, 4) is 11.1 Å². The van der Waals surface area contributed by atoms with Gasteiger partial charge in [0.05, 0.1) is 23.2 Å². The van der Waals surface area contributed by atoms with Crippen molar-refractivity contribution in [3.63, 3.8) is 0 Å². The maximum atomic E-state index is 13.9. The van der Waals surface area contributed by atoms with Gasteiger partial charge in [-0.05, 0) is 112 Å². The van der Waals surface area contributed by atoms with E-state index in [4.69, 9.17) is 4.98 Å². The van der Waals surface area contributed by atoms with E-state index in [1.54, 1.807) is 6.20 Å². The van der Waals surface area contributed by atoms with Crippen LogP contribution >= 0.6 is 0 Å². The van der Waals surface area contributed by atoms with Crippen molar-refractivity contribution in [2.75, 3.05) is 44.2 Å². The highest BCUT2D eigenvalue weighted by molar-refractivity contribution is 6.08. The second kappa shape index (κ2) is 17.9. The van der Waals surface area contributed by atoms with Crippen LogP contribution in [-0.4, -0.2) is 92.6 Å². The first-order valence-electron chi connectivity index (χ1n) is 21.7. The molecule has 3 amide bonds. The molecule has 0 aliphatic carbocycles. The Morgan fingerprint density at radius 2 is 1.68 bits per heavy atom. The standard InChI is InChI=1S/C47H57N9O4/c1-5-8-32-23-31(4)51-47(60)40(32)27-49-45(58)39-24-35(25-42-41(39)28-50-56(42)30(2)3)33-11-13-43(48-26-33)55-21-19-54(20-22-55)36-15-17-53(18-16-36)29-34-9-6-7-10-37(34)38-12-14-44(57)52-46(38)59/h6-7,9-11,13,23-26,28,30,36,38H,5,8,12,14-22,27,29H2,1-4H3,(H,49,58)(H,51,60)(H,52,57,59). The maximum absolute atomic E-state index is 13.9. The number of piperazine rings is 1. The summed E-state index contributed by atoms with van der Waals surface area (Å²) in [6.45, 7) is 14.9. The first-order chi connectivity index (χ1) is 29.1. The summed E-state index contributed by atoms with van der Waals surface area (Å²) in [4.78, 5) is 66.6. The largest absolute Gasteiger partial charge is 0.354 e. The van der Waals surface area contributed by atoms with Crippen LogP contribution in [0.5, 0.6) is 0 Å². The summed E-state index contributed by atoms with van der Waals surface area (Å²) < 4.78 is 1.94. The average molecular weight is 812 g/mol. The van der Waals surface area contributed by atoms with Crippen LogP contribution in [0.25, 0.3) is 22.0 Å². The van der Waals surface area contributed by atoms with E-state index in [-0.39, 0.29) is 41.8 Å². The summed E-state index contributed by atoms with van der Waals surface area (Å²) in [6.07, 6.45) is 8.50. The molecule has 3 aromatic heterocycles. The third-order valence-electron chi connectivity index (χ3n) is 12.6. The number of likely N-dealkylation sites (tertiary alicyclic amines) is 1. The van der Waals surface area contributed by atoms with Gasteiger partial charge >= 0.3 is 0 Å². The third kappa shape index (κ3) is 8.78. The molecule has 0 saturated carbocycles. The smallest absolute Gasteiger partial charge is 0.253 e. The second-order valence-electron chi connectivity index (χ2n) is 17.0. The van der Waals surface area contributed by atoms with Crippen molar-refractivity contribution >= 4 is 34.4 Å². The van der Waals surface area contributed by atoms with Crippen LogP contribution in [0, 0.1) is 6.92 Å². The Labute approximate surface area is 351 Å². The fourth-order valence-corrected chi connectivity index (χ4v) is 9.40. The molecule has 3 aliphatic rings. The van der Waals surface area contributed by atoms with Gasteiger partial charge in [0, 0.05) is 86.2 Å². The van der Waals surface area contributed by atoms with Crippen LogP contribution in [0.3, 0.4) is 0 Å². The molecule has 0 bridgehead atoms.